The number of aromatic amines is 1. The number of rotatable bonds is 16. The number of hydrogen-bond donors (Lipinski definition) is 1. The molecule has 0 atom stereocenters. The van der Waals surface area contributed by atoms with Gasteiger partial charge in [-0.2, -0.15) is 25.2 Å². The Hall–Kier alpha value is -8.32. The number of carbonyl (C=O) groups excluding carboxylic acids is 5. The van der Waals surface area contributed by atoms with Gasteiger partial charge in [-0.25, -0.2) is 28.5 Å². The van der Waals surface area contributed by atoms with E-state index >= 15 is 0 Å². The zero-order valence-corrected chi connectivity index (χ0v) is 64.2. The minimum Gasteiger partial charge on any atom is -1.00 e. The largest absolute Gasteiger partial charge is 1.00 e. The third-order valence-electron chi connectivity index (χ3n) is 13.3. The zero-order chi connectivity index (χ0) is 72.8. The van der Waals surface area contributed by atoms with E-state index in [2.05, 4.69) is 77.1 Å². The Labute approximate surface area is 650 Å². The number of halogens is 6. The first-order valence-electron chi connectivity index (χ1n) is 30.3. The van der Waals surface area contributed by atoms with E-state index in [9.17, 15) is 23.6 Å². The quantitative estimate of drug-likeness (QED) is 0.0174. The van der Waals surface area contributed by atoms with E-state index in [1.165, 1.54) is 4.80 Å². The molecule has 0 amide bonds. The Kier molecular flexibility index (Phi) is 35.9. The number of H-pyrrole nitrogens is 1. The number of aryl methyl sites for hydroxylation is 3. The number of allylic oxidation sites excluding steroid dienone is 2. The summed E-state index contributed by atoms with van der Waals surface area (Å²) in [6.07, 6.45) is 13.4. The summed E-state index contributed by atoms with van der Waals surface area (Å²) in [7, 11) is -1.00. The minimum absolute atomic E-state index is 0. The van der Waals surface area contributed by atoms with Crippen LogP contribution in [0.15, 0.2) is 109 Å². The molecular formula is C66H65Cl5FN16Na2O11+. The maximum absolute atomic E-state index is 12.0. The van der Waals surface area contributed by atoms with Gasteiger partial charge in [-0.1, -0.05) is 75.0 Å². The molecule has 0 unspecified atom stereocenters. The monoisotopic (exact) mass is 1500 g/mol. The average Bonchev–Trinajstić information content (AvgIpc) is 1.80. The van der Waals surface area contributed by atoms with Gasteiger partial charge in [0.2, 0.25) is 0 Å². The summed E-state index contributed by atoms with van der Waals surface area (Å²) in [6, 6.07) is 25.0. The predicted octanol–water partition coefficient (Wildman–Crippen LogP) is 5.81. The number of ether oxygens (including phenoxy) is 4. The van der Waals surface area contributed by atoms with Crippen molar-refractivity contribution >= 4 is 133 Å². The number of benzene rings is 3. The Balaban J connectivity index is 0.000000332. The van der Waals surface area contributed by atoms with Gasteiger partial charge in [0.15, 0.2) is 28.5 Å². The van der Waals surface area contributed by atoms with Crippen LogP contribution in [0.2, 0.25) is 20.1 Å². The van der Waals surface area contributed by atoms with E-state index < -0.39 is 31.0 Å². The van der Waals surface area contributed by atoms with Crippen LogP contribution in [-0.4, -0.2) is 144 Å². The van der Waals surface area contributed by atoms with Crippen LogP contribution < -0.4 is 64.4 Å². The maximum atomic E-state index is 12.0. The van der Waals surface area contributed by atoms with Gasteiger partial charge in [-0.15, -0.1) is 32.0 Å². The number of carbonyl (C=O) groups is 5. The normalized spacial score (nSPS) is 10.6. The number of esters is 4. The van der Waals surface area contributed by atoms with E-state index in [1.807, 2.05) is 84.9 Å². The topological polar surface area (TPSA) is 340 Å². The van der Waals surface area contributed by atoms with E-state index in [4.69, 9.17) is 88.4 Å². The van der Waals surface area contributed by atoms with Crippen molar-refractivity contribution in [3.63, 3.8) is 0 Å². The summed E-state index contributed by atoms with van der Waals surface area (Å²) in [6.45, 7) is 16.4. The smallest absolute Gasteiger partial charge is 1.00 e. The summed E-state index contributed by atoms with van der Waals surface area (Å²) >= 11 is 29.5. The molecule has 1 aliphatic carbocycles. The van der Waals surface area contributed by atoms with Gasteiger partial charge in [0.05, 0.1) is 120 Å². The maximum Gasteiger partial charge on any atom is 1.00 e. The van der Waals surface area contributed by atoms with E-state index in [0.717, 1.165) is 66.2 Å². The fourth-order valence-corrected chi connectivity index (χ4v) is 9.68. The first kappa shape index (κ1) is 83.3. The van der Waals surface area contributed by atoms with Crippen molar-refractivity contribution in [1.29, 1.82) is 0 Å². The van der Waals surface area contributed by atoms with Gasteiger partial charge in [-0.3, -0.25) is 24.1 Å². The fraction of sp³-hybridized carbons (Fsp3) is 0.258. The first-order valence-corrected chi connectivity index (χ1v) is 31.7. The molecule has 8 aromatic heterocycles. The van der Waals surface area contributed by atoms with Crippen molar-refractivity contribution in [3.8, 4) is 0 Å². The van der Waals surface area contributed by atoms with Crippen molar-refractivity contribution < 1.29 is 119 Å². The van der Waals surface area contributed by atoms with Crippen molar-refractivity contribution in [3.05, 3.63) is 209 Å². The van der Waals surface area contributed by atoms with Gasteiger partial charge in [0, 0.05) is 46.7 Å². The second-order valence-corrected chi connectivity index (χ2v) is 22.1. The summed E-state index contributed by atoms with van der Waals surface area (Å²) in [5.41, 5.74) is 11.8. The van der Waals surface area contributed by atoms with Crippen molar-refractivity contribution in [1.82, 2.24) is 80.3 Å². The summed E-state index contributed by atoms with van der Waals surface area (Å²) in [5, 5.41) is 47.8. The molecule has 1 N–H and O–H groups in total. The third kappa shape index (κ3) is 25.3. The Bertz CT molecular complexity index is 4690. The molecule has 8 heterocycles. The number of pyridine rings is 4. The standard InChI is InChI=1S/C16H14ClN4O2.2C16H15ClN4O2.C10H7Cl2N.C6H9N3O2.CH3F.CH2O3.2Na.H/c1-3-23-16(22)15-10(2)21(20-19-15)9-11-4-5-14-12(6-11)7-13(17)8-18-14;1-3-23-16(22)15-10(2)19-20-21(15)9-11-4-5-14-12(6-11)7-13(17)8-18-14;1-3-23-16(22)15-10(2)19-21(20-15)9-11-4-5-14-12(6-11)7-13(17)8-18-14;11-5-7-1-2-10-8(3-7)4-9(12)6-13-10;1-3-11-6(10)5-4(2)7-9-8-5;1-2;2-1-4-3;;;/h5-8H,3,9H2,1-2H3;2*4-8H,3,9H2,1-2H3;1-4,6H,5H2;3H2,1-2H3,(H,7,8,9);1H3;1,3H;;;/q+1;;;;;;;2*+1;-1/p-1/i;;;;;1D;;;;. The number of hydrogen-bond acceptors (Lipinski definition) is 23. The molecule has 35 heteroatoms. The SMILES string of the molecule is CCOC(=O)c1c(C)nnn1Cc1ccc2ncc(Cl)cc2c1.CCOC(=O)c1n[nH]nc1C.CCOC(=O)c1nn(Cc2ccc3ncc(Cl)cc3c2)nc1C.CCOC(=O)c1nnn(CC2=Cc3cc(Cl)cnc3C=[C+]2)c1C.ClCc1ccc2ncc(Cl)cc2c1.O=CO[O-].[2H]CF.[H-].[Na+].[Na+]. The molecule has 3 aromatic carbocycles. The van der Waals surface area contributed by atoms with Gasteiger partial charge in [-0.05, 0) is 133 Å². The minimum atomic E-state index is -1.00. The van der Waals surface area contributed by atoms with Crippen LogP contribution in [0.1, 0.15) is 123 Å². The Morgan fingerprint density at radius 3 is 1.56 bits per heavy atom. The molecule has 11 aromatic rings. The van der Waals surface area contributed by atoms with Gasteiger partial charge >= 0.3 is 83.0 Å². The number of alkyl halides is 2. The summed E-state index contributed by atoms with van der Waals surface area (Å²) < 4.78 is 38.4. The average molecular weight is 1500 g/mol. The molecule has 0 bridgehead atoms. The molecular weight excluding hydrogens is 1440 g/mol. The van der Waals surface area contributed by atoms with Crippen molar-refractivity contribution in [2.45, 2.75) is 80.9 Å². The molecule has 0 saturated carbocycles. The molecule has 12 rings (SSSR count). The van der Waals surface area contributed by atoms with Crippen molar-refractivity contribution in [2.24, 2.45) is 0 Å². The number of aromatic nitrogens is 16. The van der Waals surface area contributed by atoms with Crippen LogP contribution in [0.3, 0.4) is 0 Å². The van der Waals surface area contributed by atoms with Crippen LogP contribution in [0, 0.1) is 33.8 Å². The van der Waals surface area contributed by atoms with Gasteiger partial charge in [0.1, 0.15) is 23.8 Å². The molecule has 0 fully saturated rings. The molecule has 27 nitrogen and oxygen atoms in total. The second-order valence-electron chi connectivity index (χ2n) is 20.1. The predicted molar refractivity (Wildman–Crippen MR) is 367 cm³/mol. The molecule has 1 aliphatic rings. The number of nitrogens with zero attached hydrogens (tertiary/aromatic N) is 15. The number of fused-ring (bicyclic) bond motifs is 4. The molecule has 0 spiro atoms. The van der Waals surface area contributed by atoms with Gasteiger partial charge < -0.3 is 30.5 Å². The molecule has 0 aliphatic heterocycles. The van der Waals surface area contributed by atoms with E-state index in [1.54, 1.807) is 95.6 Å². The fourth-order valence-electron chi connectivity index (χ4n) is 8.85. The first-order chi connectivity index (χ1) is 48.1. The summed E-state index contributed by atoms with van der Waals surface area (Å²) in [4.78, 5) is 76.3. The number of nitrogens with one attached hydrogen (secondary N) is 1. The van der Waals surface area contributed by atoms with Crippen LogP contribution >= 0.6 is 58.0 Å². The molecule has 518 valence electrons. The van der Waals surface area contributed by atoms with Crippen LogP contribution in [0.25, 0.3) is 44.9 Å². The Morgan fingerprint density at radius 2 is 1.06 bits per heavy atom. The van der Waals surface area contributed by atoms with Gasteiger partial charge in [0.25, 0.3) is 6.47 Å². The van der Waals surface area contributed by atoms with Crippen molar-refractivity contribution in [2.75, 3.05) is 33.6 Å². The van der Waals surface area contributed by atoms with Crippen LogP contribution in [-0.2, 0) is 54.1 Å². The Morgan fingerprint density at radius 1 is 0.594 bits per heavy atom. The molecule has 101 heavy (non-hydrogen) atoms. The molecule has 0 saturated heterocycles. The third-order valence-corrected chi connectivity index (χ3v) is 14.4. The van der Waals surface area contributed by atoms with Crippen LogP contribution in [0.5, 0.6) is 0 Å². The zero-order valence-electron chi connectivity index (χ0n) is 58.4. The summed E-state index contributed by atoms with van der Waals surface area (Å²) in [5.74, 6) is -1.25. The second kappa shape index (κ2) is 43.5. The van der Waals surface area contributed by atoms with E-state index in [-0.39, 0.29) is 84.1 Å². The molecule has 0 radical (unpaired) electrons. The van der Waals surface area contributed by atoms with E-state index in [0.29, 0.717) is 101 Å². The van der Waals surface area contributed by atoms with Crippen LogP contribution in [0.4, 0.5) is 4.39 Å².